The summed E-state index contributed by atoms with van der Waals surface area (Å²) in [5.74, 6) is -0.0333. The molecule has 1 aromatic rings. The molecular weight excluding hydrogens is 343 g/mol. The maximum atomic E-state index is 13.0. The zero-order valence-electron chi connectivity index (χ0n) is 13.0. The third kappa shape index (κ3) is 3.71. The number of halogens is 3. The molecule has 2 atom stereocenters. The van der Waals surface area contributed by atoms with Gasteiger partial charge in [0.2, 0.25) is 10.0 Å². The minimum Gasteiger partial charge on any atom is -0.328 e. The Bertz CT molecular complexity index is 754. The van der Waals surface area contributed by atoms with Crippen LogP contribution in [0.5, 0.6) is 0 Å². The molecule has 1 saturated heterocycles. The molecule has 0 saturated carbocycles. The normalized spacial score (nSPS) is 21.2. The molecule has 0 radical (unpaired) electrons. The van der Waals surface area contributed by atoms with Gasteiger partial charge in [0, 0.05) is 19.1 Å². The van der Waals surface area contributed by atoms with Gasteiger partial charge in [-0.1, -0.05) is 0 Å². The van der Waals surface area contributed by atoms with Crippen LogP contribution in [0.15, 0.2) is 23.1 Å². The first-order chi connectivity index (χ1) is 11.1. The van der Waals surface area contributed by atoms with E-state index in [1.54, 1.807) is 6.92 Å². The molecule has 132 valence electrons. The zero-order chi connectivity index (χ0) is 18.1. The number of rotatable bonds is 3. The van der Waals surface area contributed by atoms with Crippen LogP contribution < -0.4 is 5.73 Å². The molecular formula is C15H18F3N3O2S. The van der Waals surface area contributed by atoms with E-state index in [0.717, 1.165) is 18.6 Å². The molecule has 1 heterocycles. The Morgan fingerprint density at radius 3 is 2.62 bits per heavy atom. The van der Waals surface area contributed by atoms with Gasteiger partial charge in [-0.05, 0) is 43.9 Å². The second-order valence-electron chi connectivity index (χ2n) is 5.94. The summed E-state index contributed by atoms with van der Waals surface area (Å²) >= 11 is 0. The third-order valence-electron chi connectivity index (χ3n) is 4.22. The fourth-order valence-corrected chi connectivity index (χ4v) is 4.35. The van der Waals surface area contributed by atoms with Crippen molar-refractivity contribution in [2.75, 3.05) is 13.1 Å². The number of benzene rings is 1. The van der Waals surface area contributed by atoms with E-state index >= 15 is 0 Å². The highest BCUT2D eigenvalue weighted by molar-refractivity contribution is 7.89. The van der Waals surface area contributed by atoms with E-state index < -0.39 is 32.2 Å². The lowest BCUT2D eigenvalue weighted by molar-refractivity contribution is -0.137. The largest absolute Gasteiger partial charge is 0.417 e. The molecule has 0 amide bonds. The van der Waals surface area contributed by atoms with Gasteiger partial charge in [0.1, 0.15) is 0 Å². The Labute approximate surface area is 138 Å². The summed E-state index contributed by atoms with van der Waals surface area (Å²) < 4.78 is 65.6. The predicted octanol–water partition coefficient (Wildman–Crippen LogP) is 2.32. The highest BCUT2D eigenvalue weighted by atomic mass is 32.2. The maximum absolute atomic E-state index is 13.0. The van der Waals surface area contributed by atoms with Crippen LogP contribution in [-0.2, 0) is 16.2 Å². The van der Waals surface area contributed by atoms with Gasteiger partial charge in [0.25, 0.3) is 0 Å². The summed E-state index contributed by atoms with van der Waals surface area (Å²) in [6, 6.07) is 3.70. The zero-order valence-corrected chi connectivity index (χ0v) is 13.9. The van der Waals surface area contributed by atoms with Crippen LogP contribution in [0.4, 0.5) is 13.2 Å². The Morgan fingerprint density at radius 1 is 1.42 bits per heavy atom. The quantitative estimate of drug-likeness (QED) is 0.895. The average molecular weight is 361 g/mol. The van der Waals surface area contributed by atoms with Gasteiger partial charge in [0.05, 0.1) is 22.1 Å². The Morgan fingerprint density at radius 2 is 2.08 bits per heavy atom. The van der Waals surface area contributed by atoms with E-state index in [1.807, 2.05) is 0 Å². The van der Waals surface area contributed by atoms with Gasteiger partial charge in [0.15, 0.2) is 0 Å². The summed E-state index contributed by atoms with van der Waals surface area (Å²) in [4.78, 5) is -0.459. The maximum Gasteiger partial charge on any atom is 0.417 e. The molecule has 1 fully saturated rings. The molecule has 0 aromatic heterocycles. The molecule has 24 heavy (non-hydrogen) atoms. The van der Waals surface area contributed by atoms with Crippen molar-refractivity contribution in [2.45, 2.75) is 36.9 Å². The standard InChI is InChI=1S/C15H18F3N3O2S/c1-10(20)12-3-2-6-21(9-12)24(22,23)13-5-4-11(8-19)14(7-13)15(16,17)18/h4-5,7,10,12H,2-3,6,9,20H2,1H3/t10-,12+/m0/s1. The number of hydrogen-bond donors (Lipinski definition) is 1. The fourth-order valence-electron chi connectivity index (χ4n) is 2.79. The van der Waals surface area contributed by atoms with E-state index in [9.17, 15) is 21.6 Å². The van der Waals surface area contributed by atoms with Crippen LogP contribution in [-0.4, -0.2) is 31.9 Å². The van der Waals surface area contributed by atoms with Crippen LogP contribution in [0.1, 0.15) is 30.9 Å². The molecule has 9 heteroatoms. The van der Waals surface area contributed by atoms with E-state index in [1.165, 1.54) is 10.4 Å². The van der Waals surface area contributed by atoms with Gasteiger partial charge in [-0.25, -0.2) is 8.42 Å². The number of piperidine rings is 1. The topological polar surface area (TPSA) is 87.2 Å². The third-order valence-corrected chi connectivity index (χ3v) is 6.08. The molecule has 2 N–H and O–H groups in total. The smallest absolute Gasteiger partial charge is 0.328 e. The van der Waals surface area contributed by atoms with Crippen molar-refractivity contribution < 1.29 is 21.6 Å². The van der Waals surface area contributed by atoms with Crippen molar-refractivity contribution >= 4 is 10.0 Å². The molecule has 2 rings (SSSR count). The Hall–Kier alpha value is -1.63. The first-order valence-electron chi connectivity index (χ1n) is 7.44. The number of nitriles is 1. The summed E-state index contributed by atoms with van der Waals surface area (Å²) in [6.45, 7) is 2.21. The van der Waals surface area contributed by atoms with Gasteiger partial charge in [-0.15, -0.1) is 0 Å². The van der Waals surface area contributed by atoms with Crippen LogP contribution in [0.2, 0.25) is 0 Å². The first kappa shape index (κ1) is 18.7. The van der Waals surface area contributed by atoms with Gasteiger partial charge < -0.3 is 5.73 Å². The minimum atomic E-state index is -4.80. The number of nitrogens with two attached hydrogens (primary N) is 1. The average Bonchev–Trinajstić information content (AvgIpc) is 2.53. The SMILES string of the molecule is C[C@H](N)[C@@H]1CCCN(S(=O)(=O)c2ccc(C#N)c(C(F)(F)F)c2)C1. The highest BCUT2D eigenvalue weighted by Gasteiger charge is 2.37. The van der Waals surface area contributed by atoms with Crippen molar-refractivity contribution in [3.8, 4) is 6.07 Å². The van der Waals surface area contributed by atoms with Gasteiger partial charge in [-0.2, -0.15) is 22.7 Å². The number of sulfonamides is 1. The summed E-state index contributed by atoms with van der Waals surface area (Å²) in [5, 5.41) is 8.80. The molecule has 5 nitrogen and oxygen atoms in total. The number of nitrogens with zero attached hydrogens (tertiary/aromatic N) is 2. The minimum absolute atomic E-state index is 0.0333. The molecule has 0 spiro atoms. The lowest BCUT2D eigenvalue weighted by Gasteiger charge is -2.33. The Balaban J connectivity index is 2.41. The van der Waals surface area contributed by atoms with Gasteiger partial charge in [-0.3, -0.25) is 0 Å². The molecule has 1 aromatic carbocycles. The first-order valence-corrected chi connectivity index (χ1v) is 8.88. The Kier molecular flexibility index (Phi) is 5.22. The monoisotopic (exact) mass is 361 g/mol. The summed E-state index contributed by atoms with van der Waals surface area (Å²) in [7, 11) is -4.07. The summed E-state index contributed by atoms with van der Waals surface area (Å²) in [5.41, 5.74) is 3.98. The van der Waals surface area contributed by atoms with E-state index in [-0.39, 0.29) is 25.0 Å². The van der Waals surface area contributed by atoms with Crippen molar-refractivity contribution in [1.29, 1.82) is 5.26 Å². The number of alkyl halides is 3. The van der Waals surface area contributed by atoms with E-state index in [0.29, 0.717) is 12.5 Å². The lowest BCUT2D eigenvalue weighted by Crippen LogP contribution is -2.45. The summed E-state index contributed by atoms with van der Waals surface area (Å²) in [6.07, 6.45) is -3.41. The van der Waals surface area contributed by atoms with Crippen LogP contribution in [0.25, 0.3) is 0 Å². The predicted molar refractivity (Wildman–Crippen MR) is 81.3 cm³/mol. The molecule has 1 aliphatic heterocycles. The van der Waals surface area contributed by atoms with Crippen molar-refractivity contribution in [3.05, 3.63) is 29.3 Å². The molecule has 0 unspecified atom stereocenters. The van der Waals surface area contributed by atoms with Crippen LogP contribution in [0, 0.1) is 17.2 Å². The van der Waals surface area contributed by atoms with E-state index in [4.69, 9.17) is 11.0 Å². The molecule has 1 aliphatic rings. The van der Waals surface area contributed by atoms with Crippen LogP contribution in [0.3, 0.4) is 0 Å². The van der Waals surface area contributed by atoms with Gasteiger partial charge >= 0.3 is 6.18 Å². The highest BCUT2D eigenvalue weighted by Crippen LogP contribution is 2.34. The second kappa shape index (κ2) is 6.70. The van der Waals surface area contributed by atoms with E-state index in [2.05, 4.69) is 0 Å². The number of hydrogen-bond acceptors (Lipinski definition) is 4. The van der Waals surface area contributed by atoms with Crippen LogP contribution >= 0.6 is 0 Å². The van der Waals surface area contributed by atoms with Crippen molar-refractivity contribution in [1.82, 2.24) is 4.31 Å². The molecule has 0 aliphatic carbocycles. The fraction of sp³-hybridized carbons (Fsp3) is 0.533. The van der Waals surface area contributed by atoms with Crippen molar-refractivity contribution in [2.24, 2.45) is 11.7 Å². The molecule has 0 bridgehead atoms. The van der Waals surface area contributed by atoms with Crippen molar-refractivity contribution in [3.63, 3.8) is 0 Å². The lowest BCUT2D eigenvalue weighted by atomic mass is 9.93. The second-order valence-corrected chi connectivity index (χ2v) is 7.88.